The van der Waals surface area contributed by atoms with E-state index < -0.39 is 10.0 Å². The van der Waals surface area contributed by atoms with Crippen LogP contribution in [0.15, 0.2) is 30.3 Å². The molecule has 1 aliphatic heterocycles. The Morgan fingerprint density at radius 2 is 1.81 bits per heavy atom. The van der Waals surface area contributed by atoms with Gasteiger partial charge in [-0.15, -0.1) is 0 Å². The van der Waals surface area contributed by atoms with Crippen LogP contribution in [0.25, 0.3) is 0 Å². The number of hydrogen-bond acceptors (Lipinski definition) is 4. The zero-order valence-electron chi connectivity index (χ0n) is 15.9. The Bertz CT molecular complexity index is 657. The van der Waals surface area contributed by atoms with Crippen LogP contribution in [0.1, 0.15) is 50.0 Å². The highest BCUT2D eigenvalue weighted by Gasteiger charge is 2.32. The fourth-order valence-electron chi connectivity index (χ4n) is 4.40. The quantitative estimate of drug-likeness (QED) is 0.824. The molecule has 0 bridgehead atoms. The van der Waals surface area contributed by atoms with Crippen molar-refractivity contribution in [3.63, 3.8) is 0 Å². The summed E-state index contributed by atoms with van der Waals surface area (Å²) in [5, 5.41) is 0. The van der Waals surface area contributed by atoms with Gasteiger partial charge in [0.05, 0.1) is 19.0 Å². The monoisotopic (exact) mass is 380 g/mol. The number of ether oxygens (including phenoxy) is 1. The number of likely N-dealkylation sites (tertiary alicyclic amines) is 1. The average molecular weight is 381 g/mol. The number of hydrogen-bond donors (Lipinski definition) is 1. The number of piperidine rings is 1. The van der Waals surface area contributed by atoms with Gasteiger partial charge in [-0.3, -0.25) is 4.90 Å². The molecule has 0 spiro atoms. The first-order chi connectivity index (χ1) is 12.4. The molecule has 0 radical (unpaired) electrons. The highest BCUT2D eigenvalue weighted by Crippen LogP contribution is 2.34. The number of rotatable bonds is 6. The molecule has 1 aromatic rings. The predicted octanol–water partition coefficient (Wildman–Crippen LogP) is 2.74. The second-order valence-electron chi connectivity index (χ2n) is 7.90. The van der Waals surface area contributed by atoms with Crippen LogP contribution in [0.2, 0.25) is 0 Å². The lowest BCUT2D eigenvalue weighted by molar-refractivity contribution is -0.0209. The van der Waals surface area contributed by atoms with Crippen molar-refractivity contribution in [2.24, 2.45) is 0 Å². The summed E-state index contributed by atoms with van der Waals surface area (Å²) in [5.74, 6) is 0.646. The van der Waals surface area contributed by atoms with Crippen molar-refractivity contribution in [2.75, 3.05) is 26.5 Å². The van der Waals surface area contributed by atoms with E-state index in [0.717, 1.165) is 32.2 Å². The summed E-state index contributed by atoms with van der Waals surface area (Å²) in [5.41, 5.74) is 1.44. The number of nitrogens with zero attached hydrogens (tertiary/aromatic N) is 1. The standard InChI is InChI=1S/C20H32N2O3S/c1-22-14-6-9-19(21-26(2,23)24)20(22)15-25-18-12-10-17(11-13-18)16-7-4-3-5-8-16/h3-5,7-8,17-21H,6,9-15H2,1-2H3. The molecular weight excluding hydrogens is 348 g/mol. The maximum Gasteiger partial charge on any atom is 0.209 e. The molecule has 3 rings (SSSR count). The molecule has 1 heterocycles. The summed E-state index contributed by atoms with van der Waals surface area (Å²) in [6.07, 6.45) is 7.93. The lowest BCUT2D eigenvalue weighted by Crippen LogP contribution is -2.56. The number of benzene rings is 1. The molecular formula is C20H32N2O3S. The second kappa shape index (κ2) is 8.83. The maximum atomic E-state index is 11.7. The van der Waals surface area contributed by atoms with Crippen LogP contribution >= 0.6 is 0 Å². The van der Waals surface area contributed by atoms with E-state index in [4.69, 9.17) is 4.74 Å². The van der Waals surface area contributed by atoms with Gasteiger partial charge in [0.25, 0.3) is 0 Å². The van der Waals surface area contributed by atoms with Gasteiger partial charge in [-0.05, 0) is 63.6 Å². The van der Waals surface area contributed by atoms with Gasteiger partial charge in [0.1, 0.15) is 0 Å². The Morgan fingerprint density at radius 3 is 2.46 bits per heavy atom. The topological polar surface area (TPSA) is 58.6 Å². The molecule has 6 heteroatoms. The van der Waals surface area contributed by atoms with Gasteiger partial charge in [0.15, 0.2) is 0 Å². The third-order valence-corrected chi connectivity index (χ3v) is 6.60. The Labute approximate surface area is 158 Å². The van der Waals surface area contributed by atoms with E-state index >= 15 is 0 Å². The van der Waals surface area contributed by atoms with E-state index in [9.17, 15) is 8.42 Å². The van der Waals surface area contributed by atoms with E-state index in [1.807, 2.05) is 0 Å². The zero-order valence-corrected chi connectivity index (χ0v) is 16.7. The van der Waals surface area contributed by atoms with E-state index in [-0.39, 0.29) is 12.1 Å². The largest absolute Gasteiger partial charge is 0.377 e. The molecule has 1 saturated heterocycles. The molecule has 26 heavy (non-hydrogen) atoms. The molecule has 0 amide bonds. The van der Waals surface area contributed by atoms with Crippen LogP contribution < -0.4 is 4.72 Å². The molecule has 2 fully saturated rings. The Balaban J connectivity index is 1.50. The Kier molecular flexibility index (Phi) is 6.72. The van der Waals surface area contributed by atoms with Gasteiger partial charge in [0, 0.05) is 12.1 Å². The number of likely N-dealkylation sites (N-methyl/N-ethyl adjacent to an activating group) is 1. The molecule has 5 nitrogen and oxygen atoms in total. The van der Waals surface area contributed by atoms with Crippen molar-refractivity contribution >= 4 is 10.0 Å². The molecule has 1 aliphatic carbocycles. The maximum absolute atomic E-state index is 11.7. The third-order valence-electron chi connectivity index (χ3n) is 5.87. The minimum Gasteiger partial charge on any atom is -0.377 e. The van der Waals surface area contributed by atoms with Crippen LogP contribution in [-0.2, 0) is 14.8 Å². The highest BCUT2D eigenvalue weighted by atomic mass is 32.2. The summed E-state index contributed by atoms with van der Waals surface area (Å²) in [4.78, 5) is 2.24. The zero-order chi connectivity index (χ0) is 18.6. The van der Waals surface area contributed by atoms with E-state index in [1.54, 1.807) is 0 Å². The fourth-order valence-corrected chi connectivity index (χ4v) is 5.23. The first kappa shape index (κ1) is 19.8. The van der Waals surface area contributed by atoms with Crippen LogP contribution in [0.4, 0.5) is 0 Å². The molecule has 0 aromatic heterocycles. The van der Waals surface area contributed by atoms with Crippen molar-refractivity contribution in [3.05, 3.63) is 35.9 Å². The number of sulfonamides is 1. The van der Waals surface area contributed by atoms with E-state index in [2.05, 4.69) is 47.0 Å². The van der Waals surface area contributed by atoms with Crippen LogP contribution in [0, 0.1) is 0 Å². The molecule has 2 unspecified atom stereocenters. The third kappa shape index (κ3) is 5.52. The minimum atomic E-state index is -3.19. The highest BCUT2D eigenvalue weighted by molar-refractivity contribution is 7.88. The number of nitrogens with one attached hydrogen (secondary N) is 1. The van der Waals surface area contributed by atoms with Gasteiger partial charge >= 0.3 is 0 Å². The van der Waals surface area contributed by atoms with Crippen molar-refractivity contribution in [1.82, 2.24) is 9.62 Å². The predicted molar refractivity (Wildman–Crippen MR) is 105 cm³/mol. The Hall–Kier alpha value is -0.950. The summed E-state index contributed by atoms with van der Waals surface area (Å²) in [7, 11) is -1.13. The SMILES string of the molecule is CN1CCCC(NS(C)(=O)=O)C1COC1CCC(c2ccccc2)CC1. The van der Waals surface area contributed by atoms with Crippen LogP contribution in [-0.4, -0.2) is 58.0 Å². The molecule has 146 valence electrons. The van der Waals surface area contributed by atoms with Gasteiger partial charge in [-0.1, -0.05) is 30.3 Å². The van der Waals surface area contributed by atoms with Gasteiger partial charge in [0.2, 0.25) is 10.0 Å². The summed E-state index contributed by atoms with van der Waals surface area (Å²) in [6, 6.07) is 10.8. The molecule has 1 saturated carbocycles. The summed E-state index contributed by atoms with van der Waals surface area (Å²) >= 11 is 0. The normalized spacial score (nSPS) is 31.0. The second-order valence-corrected chi connectivity index (χ2v) is 9.68. The average Bonchev–Trinajstić information content (AvgIpc) is 2.61. The van der Waals surface area contributed by atoms with Gasteiger partial charge < -0.3 is 4.74 Å². The van der Waals surface area contributed by atoms with E-state index in [0.29, 0.717) is 18.6 Å². The van der Waals surface area contributed by atoms with Gasteiger partial charge in [-0.25, -0.2) is 13.1 Å². The molecule has 1 aromatic carbocycles. The smallest absolute Gasteiger partial charge is 0.209 e. The Morgan fingerprint density at radius 1 is 1.12 bits per heavy atom. The molecule has 1 N–H and O–H groups in total. The van der Waals surface area contributed by atoms with Crippen molar-refractivity contribution in [2.45, 2.75) is 62.6 Å². The van der Waals surface area contributed by atoms with Crippen molar-refractivity contribution < 1.29 is 13.2 Å². The van der Waals surface area contributed by atoms with Gasteiger partial charge in [-0.2, -0.15) is 0 Å². The first-order valence-corrected chi connectivity index (χ1v) is 11.7. The lowest BCUT2D eigenvalue weighted by atomic mass is 9.83. The summed E-state index contributed by atoms with van der Waals surface area (Å²) in [6.45, 7) is 1.60. The lowest BCUT2D eigenvalue weighted by Gasteiger charge is -2.40. The van der Waals surface area contributed by atoms with Crippen molar-refractivity contribution in [1.29, 1.82) is 0 Å². The van der Waals surface area contributed by atoms with E-state index in [1.165, 1.54) is 24.7 Å². The minimum absolute atomic E-state index is 0.0515. The summed E-state index contributed by atoms with van der Waals surface area (Å²) < 4.78 is 32.4. The van der Waals surface area contributed by atoms with Crippen molar-refractivity contribution in [3.8, 4) is 0 Å². The van der Waals surface area contributed by atoms with Crippen LogP contribution in [0.5, 0.6) is 0 Å². The first-order valence-electron chi connectivity index (χ1n) is 9.76. The molecule has 2 atom stereocenters. The molecule has 2 aliphatic rings. The van der Waals surface area contributed by atoms with Crippen LogP contribution in [0.3, 0.4) is 0 Å². The fraction of sp³-hybridized carbons (Fsp3) is 0.700.